The minimum absolute atomic E-state index is 0.156. The van der Waals surface area contributed by atoms with Gasteiger partial charge in [-0.3, -0.25) is 4.79 Å². The van der Waals surface area contributed by atoms with Crippen molar-refractivity contribution in [1.82, 2.24) is 5.32 Å². The molecule has 3 heteroatoms. The highest BCUT2D eigenvalue weighted by atomic mass is 19.1. The molecule has 0 bridgehead atoms. The van der Waals surface area contributed by atoms with Crippen molar-refractivity contribution >= 4 is 5.91 Å². The van der Waals surface area contributed by atoms with Crippen molar-refractivity contribution in [3.8, 4) is 0 Å². The maximum absolute atomic E-state index is 13.8. The molecule has 0 radical (unpaired) electrons. The van der Waals surface area contributed by atoms with E-state index in [1.807, 2.05) is 0 Å². The molecule has 1 N–H and O–H groups in total. The summed E-state index contributed by atoms with van der Waals surface area (Å²) in [4.78, 5) is 12.0. The quantitative estimate of drug-likeness (QED) is 0.885. The Kier molecular flexibility index (Phi) is 4.56. The summed E-state index contributed by atoms with van der Waals surface area (Å²) in [7, 11) is 0. The lowest BCUT2D eigenvalue weighted by Crippen LogP contribution is -2.33. The van der Waals surface area contributed by atoms with E-state index >= 15 is 0 Å². The number of carbonyl (C=O) groups is 1. The van der Waals surface area contributed by atoms with Crippen LogP contribution in [-0.4, -0.2) is 12.5 Å². The van der Waals surface area contributed by atoms with Gasteiger partial charge in [0.25, 0.3) is 5.91 Å². The van der Waals surface area contributed by atoms with Crippen LogP contribution in [0.15, 0.2) is 18.2 Å². The third-order valence-electron chi connectivity index (χ3n) is 4.25. The Bertz CT molecular complexity index is 458. The zero-order valence-corrected chi connectivity index (χ0v) is 11.7. The number of halogens is 1. The van der Waals surface area contributed by atoms with Gasteiger partial charge >= 0.3 is 0 Å². The summed E-state index contributed by atoms with van der Waals surface area (Å²) in [6.45, 7) is 4.58. The van der Waals surface area contributed by atoms with Crippen LogP contribution in [0.25, 0.3) is 0 Å². The van der Waals surface area contributed by atoms with Gasteiger partial charge < -0.3 is 5.32 Å². The molecule has 0 aliphatic heterocycles. The number of hydrogen-bond acceptors (Lipinski definition) is 1. The van der Waals surface area contributed by atoms with Gasteiger partial charge in [-0.15, -0.1) is 0 Å². The van der Waals surface area contributed by atoms with Crippen LogP contribution < -0.4 is 5.32 Å². The fourth-order valence-electron chi connectivity index (χ4n) is 2.84. The topological polar surface area (TPSA) is 29.1 Å². The molecule has 1 aromatic rings. The van der Waals surface area contributed by atoms with Crippen LogP contribution in [-0.2, 0) is 0 Å². The van der Waals surface area contributed by atoms with Gasteiger partial charge in [-0.2, -0.15) is 0 Å². The second kappa shape index (κ2) is 6.18. The lowest BCUT2D eigenvalue weighted by atomic mass is 9.80. The van der Waals surface area contributed by atoms with Gasteiger partial charge in [0.05, 0.1) is 5.56 Å². The molecular weight excluding hydrogens is 241 g/mol. The van der Waals surface area contributed by atoms with Crippen LogP contribution in [0.1, 0.15) is 48.5 Å². The average molecular weight is 263 g/mol. The van der Waals surface area contributed by atoms with E-state index < -0.39 is 5.82 Å². The summed E-state index contributed by atoms with van der Waals surface area (Å²) < 4.78 is 13.8. The molecule has 2 nitrogen and oxygen atoms in total. The Morgan fingerprint density at radius 3 is 2.84 bits per heavy atom. The maximum Gasteiger partial charge on any atom is 0.254 e. The predicted octanol–water partition coefficient (Wildman–Crippen LogP) is 3.69. The number of aryl methyl sites for hydroxylation is 1. The van der Waals surface area contributed by atoms with Crippen molar-refractivity contribution in [3.63, 3.8) is 0 Å². The number of hydrogen-bond donors (Lipinski definition) is 1. The van der Waals surface area contributed by atoms with E-state index in [0.717, 1.165) is 6.42 Å². The third kappa shape index (κ3) is 3.34. The summed E-state index contributed by atoms with van der Waals surface area (Å²) in [5.41, 5.74) is 0.669. The number of amides is 1. The van der Waals surface area contributed by atoms with Crippen LogP contribution in [0.3, 0.4) is 0 Å². The van der Waals surface area contributed by atoms with Crippen LogP contribution in [0.4, 0.5) is 4.39 Å². The summed E-state index contributed by atoms with van der Waals surface area (Å²) in [6.07, 6.45) is 4.93. The second-order valence-electron chi connectivity index (χ2n) is 5.67. The molecule has 1 aromatic carbocycles. The summed E-state index contributed by atoms with van der Waals surface area (Å²) >= 11 is 0. The van der Waals surface area contributed by atoms with Crippen molar-refractivity contribution in [2.24, 2.45) is 11.8 Å². The van der Waals surface area contributed by atoms with Crippen LogP contribution in [0, 0.1) is 24.6 Å². The first-order valence-corrected chi connectivity index (χ1v) is 7.13. The predicted molar refractivity (Wildman–Crippen MR) is 74.6 cm³/mol. The molecular formula is C16H22FNO. The highest BCUT2D eigenvalue weighted by Gasteiger charge is 2.22. The number of nitrogens with one attached hydrogen (secondary N) is 1. The molecule has 1 saturated carbocycles. The molecule has 1 amide bonds. The fraction of sp³-hybridized carbons (Fsp3) is 0.562. The standard InChI is InChI=1S/C16H22FNO/c1-11-6-3-4-8-13(11)10-18-16(19)14-9-5-7-12(2)15(14)17/h5,7,9,11,13H,3-4,6,8,10H2,1-2H3,(H,18,19). The van der Waals surface area contributed by atoms with Crippen LogP contribution >= 0.6 is 0 Å². The highest BCUT2D eigenvalue weighted by Crippen LogP contribution is 2.28. The molecule has 1 aliphatic rings. The first-order valence-electron chi connectivity index (χ1n) is 7.13. The van der Waals surface area contributed by atoms with Crippen molar-refractivity contribution in [3.05, 3.63) is 35.1 Å². The van der Waals surface area contributed by atoms with E-state index in [9.17, 15) is 9.18 Å². The largest absolute Gasteiger partial charge is 0.352 e. The van der Waals surface area contributed by atoms with Crippen molar-refractivity contribution in [1.29, 1.82) is 0 Å². The minimum Gasteiger partial charge on any atom is -0.352 e. The van der Waals surface area contributed by atoms with Gasteiger partial charge in [0.15, 0.2) is 0 Å². The van der Waals surface area contributed by atoms with Gasteiger partial charge in [-0.05, 0) is 36.8 Å². The molecule has 2 atom stereocenters. The fourth-order valence-corrected chi connectivity index (χ4v) is 2.84. The molecule has 1 aliphatic carbocycles. The molecule has 0 spiro atoms. The molecule has 0 saturated heterocycles. The third-order valence-corrected chi connectivity index (χ3v) is 4.25. The first-order chi connectivity index (χ1) is 9.09. The van der Waals surface area contributed by atoms with Gasteiger partial charge in [0.1, 0.15) is 5.82 Å². The number of rotatable bonds is 3. The van der Waals surface area contributed by atoms with Crippen molar-refractivity contribution < 1.29 is 9.18 Å². The molecule has 2 unspecified atom stereocenters. The number of benzene rings is 1. The average Bonchev–Trinajstić information content (AvgIpc) is 2.40. The zero-order chi connectivity index (χ0) is 13.8. The number of carbonyl (C=O) groups excluding carboxylic acids is 1. The minimum atomic E-state index is -0.406. The van der Waals surface area contributed by atoms with E-state index in [4.69, 9.17) is 0 Å². The van der Waals surface area contributed by atoms with E-state index in [1.54, 1.807) is 25.1 Å². The van der Waals surface area contributed by atoms with E-state index in [0.29, 0.717) is 23.9 Å². The molecule has 2 rings (SSSR count). The monoisotopic (exact) mass is 263 g/mol. The molecule has 104 valence electrons. The van der Waals surface area contributed by atoms with E-state index in [1.165, 1.54) is 19.3 Å². The van der Waals surface area contributed by atoms with Gasteiger partial charge in [-0.1, -0.05) is 38.3 Å². The molecule has 0 heterocycles. The summed E-state index contributed by atoms with van der Waals surface area (Å²) in [6, 6.07) is 4.94. The van der Waals surface area contributed by atoms with Crippen molar-refractivity contribution in [2.75, 3.05) is 6.54 Å². The Balaban J connectivity index is 1.95. The molecule has 19 heavy (non-hydrogen) atoms. The summed E-state index contributed by atoms with van der Waals surface area (Å²) in [5, 5.41) is 2.89. The van der Waals surface area contributed by atoms with E-state index in [-0.39, 0.29) is 11.5 Å². The van der Waals surface area contributed by atoms with E-state index in [2.05, 4.69) is 12.2 Å². The van der Waals surface area contributed by atoms with Crippen LogP contribution in [0.2, 0.25) is 0 Å². The highest BCUT2D eigenvalue weighted by molar-refractivity contribution is 5.94. The van der Waals surface area contributed by atoms with Crippen LogP contribution in [0.5, 0.6) is 0 Å². The normalized spacial score (nSPS) is 23.1. The SMILES string of the molecule is Cc1cccc(C(=O)NCC2CCCCC2C)c1F. The Morgan fingerprint density at radius 1 is 1.37 bits per heavy atom. The van der Waals surface area contributed by atoms with Gasteiger partial charge in [-0.25, -0.2) is 4.39 Å². The zero-order valence-electron chi connectivity index (χ0n) is 11.7. The Morgan fingerprint density at radius 2 is 2.11 bits per heavy atom. The molecule has 1 fully saturated rings. The smallest absolute Gasteiger partial charge is 0.254 e. The Labute approximate surface area is 114 Å². The van der Waals surface area contributed by atoms with Crippen molar-refractivity contribution in [2.45, 2.75) is 39.5 Å². The lowest BCUT2D eigenvalue weighted by molar-refractivity contribution is 0.0932. The van der Waals surface area contributed by atoms with Gasteiger partial charge in [0.2, 0.25) is 0 Å². The second-order valence-corrected chi connectivity index (χ2v) is 5.67. The molecule has 0 aromatic heterocycles. The summed E-state index contributed by atoms with van der Waals surface area (Å²) in [5.74, 6) is 0.484. The first kappa shape index (κ1) is 14.0. The lowest BCUT2D eigenvalue weighted by Gasteiger charge is -2.28. The maximum atomic E-state index is 13.8. The van der Waals surface area contributed by atoms with Gasteiger partial charge in [0, 0.05) is 6.54 Å². The Hall–Kier alpha value is -1.38.